The van der Waals surface area contributed by atoms with Gasteiger partial charge in [0.1, 0.15) is 0 Å². The first-order valence-corrected chi connectivity index (χ1v) is 5.47. The van der Waals surface area contributed by atoms with Crippen LogP contribution in [0.2, 0.25) is 0 Å². The third-order valence-electron chi connectivity index (χ3n) is 2.84. The first-order valence-electron chi connectivity index (χ1n) is 5.47. The van der Waals surface area contributed by atoms with E-state index < -0.39 is 0 Å². The topological polar surface area (TPSA) is 55.6 Å². The Balaban J connectivity index is 2.38. The number of nitrogens with zero attached hydrogens (tertiary/aromatic N) is 1. The van der Waals surface area contributed by atoms with Crippen molar-refractivity contribution < 1.29 is 9.53 Å². The van der Waals surface area contributed by atoms with Gasteiger partial charge in [-0.25, -0.2) is 0 Å². The molecule has 0 spiro atoms. The Morgan fingerprint density at radius 1 is 1.38 bits per heavy atom. The number of para-hydroxylation sites is 1. The highest BCUT2D eigenvalue weighted by molar-refractivity contribution is 5.96. The van der Waals surface area contributed by atoms with Crippen LogP contribution < -0.4 is 15.4 Å². The van der Waals surface area contributed by atoms with Gasteiger partial charge in [-0.3, -0.25) is 4.79 Å². The van der Waals surface area contributed by atoms with E-state index in [0.717, 1.165) is 25.1 Å². The fraction of sp³-hybridized carbons (Fsp3) is 0.417. The molecule has 1 fully saturated rings. The Labute approximate surface area is 95.0 Å². The number of hydrogen-bond donors (Lipinski definition) is 1. The molecule has 1 aliphatic rings. The quantitative estimate of drug-likeness (QED) is 0.773. The number of amides is 1. The number of nitrogens with two attached hydrogens (primary N) is 1. The predicted octanol–water partition coefficient (Wildman–Crippen LogP) is 1.79. The molecule has 1 saturated heterocycles. The molecule has 0 unspecified atom stereocenters. The summed E-state index contributed by atoms with van der Waals surface area (Å²) in [4.78, 5) is 13.6. The maximum atomic E-state index is 11.8. The van der Waals surface area contributed by atoms with Gasteiger partial charge in [0.2, 0.25) is 5.91 Å². The molecular weight excluding hydrogens is 204 g/mol. The van der Waals surface area contributed by atoms with Crippen LogP contribution in [-0.4, -0.2) is 19.6 Å². The second-order valence-corrected chi connectivity index (χ2v) is 3.90. The van der Waals surface area contributed by atoms with Crippen molar-refractivity contribution in [2.45, 2.75) is 19.3 Å². The zero-order chi connectivity index (χ0) is 11.5. The highest BCUT2D eigenvalue weighted by Gasteiger charge is 2.23. The van der Waals surface area contributed by atoms with Gasteiger partial charge in [-0.1, -0.05) is 6.07 Å². The van der Waals surface area contributed by atoms with Gasteiger partial charge in [-0.05, 0) is 25.0 Å². The van der Waals surface area contributed by atoms with Crippen molar-refractivity contribution in [3.05, 3.63) is 18.2 Å². The average molecular weight is 220 g/mol. The molecule has 1 aromatic rings. The summed E-state index contributed by atoms with van der Waals surface area (Å²) in [6, 6.07) is 5.49. The van der Waals surface area contributed by atoms with Crippen LogP contribution in [0, 0.1) is 0 Å². The van der Waals surface area contributed by atoms with Crippen LogP contribution in [-0.2, 0) is 4.79 Å². The molecule has 0 aliphatic carbocycles. The molecule has 1 heterocycles. The smallest absolute Gasteiger partial charge is 0.227 e. The summed E-state index contributed by atoms with van der Waals surface area (Å²) in [6.07, 6.45) is 2.61. The fourth-order valence-electron chi connectivity index (χ4n) is 2.04. The van der Waals surface area contributed by atoms with Crippen molar-refractivity contribution in [3.8, 4) is 5.75 Å². The Bertz CT molecular complexity index is 404. The second-order valence-electron chi connectivity index (χ2n) is 3.90. The van der Waals surface area contributed by atoms with Crippen molar-refractivity contribution in [2.24, 2.45) is 0 Å². The summed E-state index contributed by atoms with van der Waals surface area (Å²) in [5, 5.41) is 0. The fourth-order valence-corrected chi connectivity index (χ4v) is 2.04. The lowest BCUT2D eigenvalue weighted by Crippen LogP contribution is -2.35. The first kappa shape index (κ1) is 10.8. The summed E-state index contributed by atoms with van der Waals surface area (Å²) < 4.78 is 5.26. The monoisotopic (exact) mass is 220 g/mol. The number of piperidine rings is 1. The Morgan fingerprint density at radius 2 is 2.19 bits per heavy atom. The normalized spacial score (nSPS) is 16.3. The maximum absolute atomic E-state index is 11.8. The van der Waals surface area contributed by atoms with Gasteiger partial charge >= 0.3 is 0 Å². The Hall–Kier alpha value is -1.71. The zero-order valence-electron chi connectivity index (χ0n) is 9.40. The van der Waals surface area contributed by atoms with E-state index in [-0.39, 0.29) is 5.91 Å². The lowest BCUT2D eigenvalue weighted by molar-refractivity contribution is -0.119. The summed E-state index contributed by atoms with van der Waals surface area (Å²) in [7, 11) is 1.57. The van der Waals surface area contributed by atoms with Crippen LogP contribution in [0.15, 0.2) is 18.2 Å². The van der Waals surface area contributed by atoms with E-state index >= 15 is 0 Å². The number of rotatable bonds is 2. The molecule has 1 aliphatic heterocycles. The van der Waals surface area contributed by atoms with E-state index in [4.69, 9.17) is 10.5 Å². The van der Waals surface area contributed by atoms with Crippen LogP contribution in [0.5, 0.6) is 5.75 Å². The van der Waals surface area contributed by atoms with Gasteiger partial charge in [0.05, 0.1) is 18.5 Å². The van der Waals surface area contributed by atoms with Crippen molar-refractivity contribution in [1.29, 1.82) is 0 Å². The molecular formula is C12H16N2O2. The van der Waals surface area contributed by atoms with E-state index in [9.17, 15) is 4.79 Å². The van der Waals surface area contributed by atoms with Gasteiger partial charge in [0.25, 0.3) is 0 Å². The van der Waals surface area contributed by atoms with Crippen molar-refractivity contribution in [2.75, 3.05) is 24.3 Å². The number of hydrogen-bond acceptors (Lipinski definition) is 3. The van der Waals surface area contributed by atoms with Crippen molar-refractivity contribution >= 4 is 17.3 Å². The molecule has 1 amide bonds. The Morgan fingerprint density at radius 3 is 2.88 bits per heavy atom. The van der Waals surface area contributed by atoms with E-state index in [1.807, 2.05) is 12.1 Å². The summed E-state index contributed by atoms with van der Waals surface area (Å²) in [5.41, 5.74) is 7.17. The lowest BCUT2D eigenvalue weighted by Gasteiger charge is -2.28. The van der Waals surface area contributed by atoms with Gasteiger partial charge in [-0.2, -0.15) is 0 Å². The molecule has 1 aromatic carbocycles. The molecule has 0 aromatic heterocycles. The maximum Gasteiger partial charge on any atom is 0.227 e. The van der Waals surface area contributed by atoms with Crippen LogP contribution >= 0.6 is 0 Å². The third-order valence-corrected chi connectivity index (χ3v) is 2.84. The van der Waals surface area contributed by atoms with Gasteiger partial charge in [-0.15, -0.1) is 0 Å². The minimum atomic E-state index is 0.148. The Kier molecular flexibility index (Phi) is 2.99. The van der Waals surface area contributed by atoms with E-state index in [1.165, 1.54) is 0 Å². The largest absolute Gasteiger partial charge is 0.492 e. The van der Waals surface area contributed by atoms with Gasteiger partial charge in [0, 0.05) is 13.0 Å². The zero-order valence-corrected chi connectivity index (χ0v) is 9.40. The molecule has 0 saturated carbocycles. The minimum absolute atomic E-state index is 0.148. The summed E-state index contributed by atoms with van der Waals surface area (Å²) in [6.45, 7) is 0.749. The molecule has 2 rings (SSSR count). The van der Waals surface area contributed by atoms with Gasteiger partial charge in [0.15, 0.2) is 5.75 Å². The predicted molar refractivity (Wildman–Crippen MR) is 63.6 cm³/mol. The van der Waals surface area contributed by atoms with Crippen molar-refractivity contribution in [3.63, 3.8) is 0 Å². The molecule has 0 bridgehead atoms. The molecule has 16 heavy (non-hydrogen) atoms. The van der Waals surface area contributed by atoms with E-state index in [1.54, 1.807) is 18.1 Å². The van der Waals surface area contributed by atoms with Crippen LogP contribution in [0.3, 0.4) is 0 Å². The van der Waals surface area contributed by atoms with Crippen LogP contribution in [0.25, 0.3) is 0 Å². The second kappa shape index (κ2) is 4.43. The number of nitrogen functional groups attached to an aromatic ring is 1. The summed E-state index contributed by atoms with van der Waals surface area (Å²) >= 11 is 0. The highest BCUT2D eigenvalue weighted by Crippen LogP contribution is 2.35. The summed E-state index contributed by atoms with van der Waals surface area (Å²) in [5.74, 6) is 0.743. The van der Waals surface area contributed by atoms with E-state index in [2.05, 4.69) is 0 Å². The van der Waals surface area contributed by atoms with Crippen LogP contribution in [0.4, 0.5) is 11.4 Å². The molecule has 86 valence electrons. The SMILES string of the molecule is COc1c(N)cccc1N1CCCCC1=O. The number of carbonyl (C=O) groups is 1. The molecule has 0 atom stereocenters. The minimum Gasteiger partial charge on any atom is -0.492 e. The molecule has 4 heteroatoms. The molecule has 2 N–H and O–H groups in total. The highest BCUT2D eigenvalue weighted by atomic mass is 16.5. The van der Waals surface area contributed by atoms with Gasteiger partial charge < -0.3 is 15.4 Å². The third kappa shape index (κ3) is 1.83. The first-order chi connectivity index (χ1) is 7.74. The van der Waals surface area contributed by atoms with Crippen molar-refractivity contribution in [1.82, 2.24) is 0 Å². The number of anilines is 2. The van der Waals surface area contributed by atoms with Crippen LogP contribution in [0.1, 0.15) is 19.3 Å². The molecule has 4 nitrogen and oxygen atoms in total. The lowest BCUT2D eigenvalue weighted by atomic mass is 10.1. The number of benzene rings is 1. The number of carbonyl (C=O) groups excluding carboxylic acids is 1. The standard InChI is InChI=1S/C12H16N2O2/c1-16-12-9(13)5-4-6-10(12)14-8-3-2-7-11(14)15/h4-6H,2-3,7-8,13H2,1H3. The molecule has 0 radical (unpaired) electrons. The number of ether oxygens (including phenoxy) is 1. The average Bonchev–Trinajstić information content (AvgIpc) is 2.29. The van der Waals surface area contributed by atoms with E-state index in [0.29, 0.717) is 17.9 Å². The number of methoxy groups -OCH3 is 1.